The largest absolute Gasteiger partial charge is 0.0808 e. The molecule has 0 nitrogen and oxygen atoms in total. The van der Waals surface area contributed by atoms with Crippen molar-refractivity contribution in [2.24, 2.45) is 41.4 Å². The molecule has 1 heteroatoms. The molecule has 262 valence electrons. The lowest BCUT2D eigenvalue weighted by atomic mass is 9.71. The smallest absolute Gasteiger partial charge is 0.0553 e. The Bertz CT molecular complexity index is 1660. The summed E-state index contributed by atoms with van der Waals surface area (Å²) in [6, 6.07) is 19.5. The molecule has 0 radical (unpaired) electrons. The number of benzene rings is 2. The van der Waals surface area contributed by atoms with Crippen molar-refractivity contribution in [1.29, 1.82) is 0 Å². The van der Waals surface area contributed by atoms with Crippen LogP contribution in [0.3, 0.4) is 0 Å². The van der Waals surface area contributed by atoms with Crippen LogP contribution in [0.5, 0.6) is 0 Å². The maximum absolute atomic E-state index is 2.89. The fourth-order valence-corrected chi connectivity index (χ4v) is 18.4. The fourth-order valence-electron chi connectivity index (χ4n) is 12.1. The van der Waals surface area contributed by atoms with E-state index in [0.717, 1.165) is 28.8 Å². The molecule has 0 aliphatic heterocycles. The predicted octanol–water partition coefficient (Wildman–Crippen LogP) is 13.8. The lowest BCUT2D eigenvalue weighted by Crippen LogP contribution is -2.47. The summed E-state index contributed by atoms with van der Waals surface area (Å²) in [7, 11) is -1.77. The molecule has 5 aliphatic rings. The first kappa shape index (κ1) is 35.0. The minimum absolute atomic E-state index is 0.187. The Kier molecular flexibility index (Phi) is 9.07. The Morgan fingerprint density at radius 3 is 1.88 bits per heavy atom. The Labute approximate surface area is 301 Å². The Morgan fingerprint density at radius 1 is 0.694 bits per heavy atom. The van der Waals surface area contributed by atoms with Gasteiger partial charge in [0.15, 0.2) is 0 Å². The van der Waals surface area contributed by atoms with Gasteiger partial charge in [0, 0.05) is 0 Å². The number of fused-ring (bicyclic) bond motifs is 3. The van der Waals surface area contributed by atoms with E-state index >= 15 is 0 Å². The molecule has 0 aromatic heterocycles. The quantitative estimate of drug-likeness (QED) is 0.278. The summed E-state index contributed by atoms with van der Waals surface area (Å²) < 4.78 is 0. The van der Waals surface area contributed by atoms with Crippen LogP contribution < -0.4 is 0 Å². The Hall–Kier alpha value is -2.38. The molecule has 0 saturated heterocycles. The average molecular weight is 671 g/mol. The van der Waals surface area contributed by atoms with Gasteiger partial charge in [0.05, 0.1) is 8.07 Å². The van der Waals surface area contributed by atoms with Gasteiger partial charge in [-0.3, -0.25) is 0 Å². The fraction of sp³-hybridized carbons (Fsp3) is 0.583. The molecule has 0 N–H and O–H groups in total. The molecule has 0 spiro atoms. The number of allylic oxidation sites excluding steroid dienone is 8. The number of rotatable bonds is 5. The van der Waals surface area contributed by atoms with Gasteiger partial charge in [-0.1, -0.05) is 148 Å². The van der Waals surface area contributed by atoms with E-state index in [9.17, 15) is 0 Å². The van der Waals surface area contributed by atoms with E-state index in [4.69, 9.17) is 0 Å². The molecule has 5 aliphatic carbocycles. The summed E-state index contributed by atoms with van der Waals surface area (Å²) in [5.74, 6) is 4.99. The van der Waals surface area contributed by atoms with Gasteiger partial charge in [-0.2, -0.15) is 0 Å². The molecule has 49 heavy (non-hydrogen) atoms. The first-order valence-corrected chi connectivity index (χ1v) is 23.3. The molecule has 3 saturated carbocycles. The van der Waals surface area contributed by atoms with Crippen LogP contribution in [0.2, 0.25) is 24.2 Å². The second-order valence-electron chi connectivity index (χ2n) is 20.1. The molecule has 2 aromatic rings. The van der Waals surface area contributed by atoms with Crippen molar-refractivity contribution in [2.45, 2.75) is 136 Å². The highest BCUT2D eigenvalue weighted by Gasteiger charge is 2.59. The highest BCUT2D eigenvalue weighted by atomic mass is 28.3. The highest BCUT2D eigenvalue weighted by Crippen LogP contribution is 2.67. The maximum Gasteiger partial charge on any atom is 0.0553 e. The molecule has 0 heterocycles. The zero-order valence-electron chi connectivity index (χ0n) is 32.9. The third-order valence-corrected chi connectivity index (χ3v) is 19.5. The summed E-state index contributed by atoms with van der Waals surface area (Å²) in [4.78, 5) is 0. The molecular formula is C48H66Si. The topological polar surface area (TPSA) is 0 Å². The van der Waals surface area contributed by atoms with Crippen LogP contribution in [-0.4, -0.2) is 8.07 Å². The van der Waals surface area contributed by atoms with Gasteiger partial charge in [0.1, 0.15) is 0 Å². The van der Waals surface area contributed by atoms with Crippen LogP contribution in [0.4, 0.5) is 0 Å². The van der Waals surface area contributed by atoms with Crippen LogP contribution in [0.25, 0.3) is 11.1 Å². The lowest BCUT2D eigenvalue weighted by Gasteiger charge is -2.47. The van der Waals surface area contributed by atoms with Gasteiger partial charge >= 0.3 is 0 Å². The predicted molar refractivity (Wildman–Crippen MR) is 217 cm³/mol. The summed E-state index contributed by atoms with van der Waals surface area (Å²) in [5, 5.41) is 0. The normalized spacial score (nSPS) is 31.8. The minimum Gasteiger partial charge on any atom is -0.0808 e. The highest BCUT2D eigenvalue weighted by molar-refractivity contribution is 6.80. The lowest BCUT2D eigenvalue weighted by molar-refractivity contribution is 0.372. The summed E-state index contributed by atoms with van der Waals surface area (Å²) in [6.45, 7) is 27.5. The van der Waals surface area contributed by atoms with Crippen LogP contribution >= 0.6 is 0 Å². The maximum atomic E-state index is 2.89. The number of hydrogen-bond acceptors (Lipinski definition) is 0. The number of hydrogen-bond donors (Lipinski definition) is 0. The summed E-state index contributed by atoms with van der Waals surface area (Å²) in [6.07, 6.45) is 18.5. The standard InChI is InChI=1S/C48H66Si/c1-30(2)40-29-41-37(32-19-23-35(24-20-32)47(4,5)6)17-14-18-39(41)46(40)49(10,11)45-31(3)27-42-43(45)28-34-15-12-13-16-38(34)44(42)33-21-25-36(26-22-33)48(7,8)9/h14,17-26,28,30-31,39-43,45-46H,12-13,15-16,27,29H2,1-11H3. The zero-order chi connectivity index (χ0) is 35.0. The second kappa shape index (κ2) is 12.7. The second-order valence-corrected chi connectivity index (χ2v) is 25.0. The van der Waals surface area contributed by atoms with Crippen LogP contribution in [-0.2, 0) is 10.8 Å². The Morgan fingerprint density at radius 2 is 1.29 bits per heavy atom. The van der Waals surface area contributed by atoms with Crippen molar-refractivity contribution in [3.8, 4) is 0 Å². The van der Waals surface area contributed by atoms with Gasteiger partial charge in [-0.25, -0.2) is 0 Å². The van der Waals surface area contributed by atoms with Crippen molar-refractivity contribution in [3.05, 3.63) is 106 Å². The monoisotopic (exact) mass is 670 g/mol. The minimum atomic E-state index is -1.77. The van der Waals surface area contributed by atoms with Gasteiger partial charge < -0.3 is 0 Å². The van der Waals surface area contributed by atoms with Gasteiger partial charge in [-0.05, 0) is 146 Å². The van der Waals surface area contributed by atoms with Crippen LogP contribution in [0, 0.1) is 41.4 Å². The summed E-state index contributed by atoms with van der Waals surface area (Å²) in [5.41, 5.74) is 14.7. The molecule has 8 atom stereocenters. The molecular weight excluding hydrogens is 605 g/mol. The van der Waals surface area contributed by atoms with E-state index in [1.165, 1.54) is 60.8 Å². The van der Waals surface area contributed by atoms with Crippen molar-refractivity contribution in [1.82, 2.24) is 0 Å². The van der Waals surface area contributed by atoms with E-state index in [0.29, 0.717) is 23.7 Å². The third-order valence-electron chi connectivity index (χ3n) is 14.3. The van der Waals surface area contributed by atoms with Gasteiger partial charge in [0.2, 0.25) is 0 Å². The molecule has 3 fully saturated rings. The molecule has 7 rings (SSSR count). The molecule has 0 bridgehead atoms. The average Bonchev–Trinajstić information content (AvgIpc) is 3.61. The zero-order valence-corrected chi connectivity index (χ0v) is 33.9. The molecule has 8 unspecified atom stereocenters. The van der Waals surface area contributed by atoms with Crippen molar-refractivity contribution in [3.63, 3.8) is 0 Å². The third kappa shape index (κ3) is 6.17. The van der Waals surface area contributed by atoms with Crippen LogP contribution in [0.15, 0.2) is 84.0 Å². The SMILES string of the molecule is CC(C)C1CC2C(c3ccc(C(C)(C)C)cc3)=CC=CC2C1[Si](C)(C)C1C(C)CC2C(c3ccc(C(C)(C)C)cc3)=C3CCCCC3=CC21. The Balaban J connectivity index is 1.24. The van der Waals surface area contributed by atoms with E-state index in [1.807, 2.05) is 0 Å². The van der Waals surface area contributed by atoms with E-state index in [-0.39, 0.29) is 10.8 Å². The van der Waals surface area contributed by atoms with Crippen molar-refractivity contribution in [2.75, 3.05) is 0 Å². The molecule has 0 amide bonds. The van der Waals surface area contributed by atoms with E-state index in [2.05, 4.69) is 148 Å². The molecule has 2 aromatic carbocycles. The van der Waals surface area contributed by atoms with Gasteiger partial charge in [-0.15, -0.1) is 0 Å². The van der Waals surface area contributed by atoms with Crippen LogP contribution in [0.1, 0.15) is 123 Å². The van der Waals surface area contributed by atoms with Crippen molar-refractivity contribution >= 4 is 19.2 Å². The van der Waals surface area contributed by atoms with E-state index < -0.39 is 8.07 Å². The van der Waals surface area contributed by atoms with E-state index in [1.54, 1.807) is 22.3 Å². The van der Waals surface area contributed by atoms with Gasteiger partial charge in [0.25, 0.3) is 0 Å². The first-order chi connectivity index (χ1) is 23.1. The van der Waals surface area contributed by atoms with Crippen molar-refractivity contribution < 1.29 is 0 Å². The summed E-state index contributed by atoms with van der Waals surface area (Å²) >= 11 is 0. The first-order valence-electron chi connectivity index (χ1n) is 20.1.